The molecule has 23 heavy (non-hydrogen) atoms. The molecule has 1 aromatic heterocycles. The number of rotatable bonds is 4. The molecule has 5 nitrogen and oxygen atoms in total. The standard InChI is InChI=1S/C17H21N3O2S/c1-11-14(12-5-7-13(22-2)8-6-12)19-16(23-11)20-15(21)17(18)9-3-4-10-17/h5-8H,3-4,9-10,18H2,1-2H3,(H,19,20,21). The Hall–Kier alpha value is -1.92. The number of anilines is 1. The molecule has 0 spiro atoms. The van der Waals surface area contributed by atoms with Crippen LogP contribution in [0.5, 0.6) is 5.75 Å². The predicted octanol–water partition coefficient (Wildman–Crippen LogP) is 3.34. The minimum atomic E-state index is -0.736. The van der Waals surface area contributed by atoms with Gasteiger partial charge in [0.2, 0.25) is 5.91 Å². The molecule has 1 heterocycles. The minimum absolute atomic E-state index is 0.120. The highest BCUT2D eigenvalue weighted by molar-refractivity contribution is 7.16. The fourth-order valence-electron chi connectivity index (χ4n) is 2.92. The van der Waals surface area contributed by atoms with Gasteiger partial charge in [0, 0.05) is 10.4 Å². The quantitative estimate of drug-likeness (QED) is 0.901. The number of nitrogens with zero attached hydrogens (tertiary/aromatic N) is 1. The number of aryl methyl sites for hydroxylation is 1. The Balaban J connectivity index is 1.79. The molecule has 6 heteroatoms. The van der Waals surface area contributed by atoms with E-state index >= 15 is 0 Å². The van der Waals surface area contributed by atoms with Crippen molar-refractivity contribution in [2.75, 3.05) is 12.4 Å². The number of hydrogen-bond acceptors (Lipinski definition) is 5. The number of nitrogens with one attached hydrogen (secondary N) is 1. The van der Waals surface area contributed by atoms with Gasteiger partial charge in [-0.05, 0) is 44.0 Å². The zero-order valence-corrected chi connectivity index (χ0v) is 14.2. The summed E-state index contributed by atoms with van der Waals surface area (Å²) in [6, 6.07) is 7.74. The zero-order valence-electron chi connectivity index (χ0n) is 13.4. The van der Waals surface area contributed by atoms with Crippen LogP contribution >= 0.6 is 11.3 Å². The van der Waals surface area contributed by atoms with Crippen LogP contribution in [0.3, 0.4) is 0 Å². The molecule has 3 N–H and O–H groups in total. The predicted molar refractivity (Wildman–Crippen MR) is 92.9 cm³/mol. The van der Waals surface area contributed by atoms with E-state index in [1.54, 1.807) is 7.11 Å². The van der Waals surface area contributed by atoms with Crippen molar-refractivity contribution in [3.8, 4) is 17.0 Å². The van der Waals surface area contributed by atoms with Crippen LogP contribution in [0.2, 0.25) is 0 Å². The van der Waals surface area contributed by atoms with Crippen LogP contribution < -0.4 is 15.8 Å². The van der Waals surface area contributed by atoms with Gasteiger partial charge in [0.1, 0.15) is 5.75 Å². The molecule has 0 radical (unpaired) electrons. The molecule has 1 amide bonds. The Labute approximate surface area is 139 Å². The molecule has 1 fully saturated rings. The lowest BCUT2D eigenvalue weighted by molar-refractivity contribution is -0.121. The second kappa shape index (κ2) is 6.29. The molecule has 1 aliphatic rings. The fourth-order valence-corrected chi connectivity index (χ4v) is 3.75. The van der Waals surface area contributed by atoms with Crippen LogP contribution in [0.1, 0.15) is 30.6 Å². The van der Waals surface area contributed by atoms with Crippen LogP contribution in [0.25, 0.3) is 11.3 Å². The molecule has 0 aliphatic heterocycles. The van der Waals surface area contributed by atoms with Crippen LogP contribution in [0.15, 0.2) is 24.3 Å². The molecular weight excluding hydrogens is 310 g/mol. The Morgan fingerprint density at radius 1 is 1.30 bits per heavy atom. The number of methoxy groups -OCH3 is 1. The third kappa shape index (κ3) is 3.23. The summed E-state index contributed by atoms with van der Waals surface area (Å²) in [6.45, 7) is 2.00. The molecule has 122 valence electrons. The summed E-state index contributed by atoms with van der Waals surface area (Å²) in [4.78, 5) is 18.0. The lowest BCUT2D eigenvalue weighted by Crippen LogP contribution is -2.48. The maximum absolute atomic E-state index is 12.4. The van der Waals surface area contributed by atoms with E-state index in [1.165, 1.54) is 11.3 Å². The third-order valence-corrected chi connectivity index (χ3v) is 5.21. The van der Waals surface area contributed by atoms with Crippen molar-refractivity contribution < 1.29 is 9.53 Å². The Morgan fingerprint density at radius 3 is 2.57 bits per heavy atom. The maximum Gasteiger partial charge on any atom is 0.246 e. The number of aromatic nitrogens is 1. The Morgan fingerprint density at radius 2 is 1.96 bits per heavy atom. The molecule has 1 aliphatic carbocycles. The molecule has 0 saturated heterocycles. The topological polar surface area (TPSA) is 77.2 Å². The van der Waals surface area contributed by atoms with Crippen molar-refractivity contribution in [2.45, 2.75) is 38.1 Å². The van der Waals surface area contributed by atoms with Crippen molar-refractivity contribution >= 4 is 22.4 Å². The maximum atomic E-state index is 12.4. The van der Waals surface area contributed by atoms with Gasteiger partial charge in [-0.15, -0.1) is 11.3 Å². The summed E-state index contributed by atoms with van der Waals surface area (Å²) >= 11 is 1.48. The number of hydrogen-bond donors (Lipinski definition) is 2. The van der Waals surface area contributed by atoms with Gasteiger partial charge in [-0.1, -0.05) is 12.8 Å². The van der Waals surface area contributed by atoms with Gasteiger partial charge in [0.15, 0.2) is 5.13 Å². The van der Waals surface area contributed by atoms with Crippen molar-refractivity contribution in [1.29, 1.82) is 0 Å². The lowest BCUT2D eigenvalue weighted by atomic mass is 9.98. The highest BCUT2D eigenvalue weighted by atomic mass is 32.1. The number of thiazole rings is 1. The molecule has 3 rings (SSSR count). The summed E-state index contributed by atoms with van der Waals surface area (Å²) in [5, 5.41) is 3.50. The first-order chi connectivity index (χ1) is 11.0. The molecule has 0 bridgehead atoms. The number of benzene rings is 1. The van der Waals surface area contributed by atoms with Gasteiger partial charge in [-0.25, -0.2) is 4.98 Å². The summed E-state index contributed by atoms with van der Waals surface area (Å²) in [6.07, 6.45) is 3.51. The number of carbonyl (C=O) groups excluding carboxylic acids is 1. The van der Waals surface area contributed by atoms with Crippen LogP contribution in [-0.2, 0) is 4.79 Å². The highest BCUT2D eigenvalue weighted by Gasteiger charge is 2.37. The third-order valence-electron chi connectivity index (χ3n) is 4.33. The van der Waals surface area contributed by atoms with Crippen LogP contribution in [0.4, 0.5) is 5.13 Å². The smallest absolute Gasteiger partial charge is 0.246 e. The molecule has 0 atom stereocenters. The zero-order chi connectivity index (χ0) is 16.4. The van der Waals surface area contributed by atoms with E-state index in [2.05, 4.69) is 10.3 Å². The van der Waals surface area contributed by atoms with Crippen molar-refractivity contribution in [3.05, 3.63) is 29.1 Å². The Kier molecular flexibility index (Phi) is 4.37. The van der Waals surface area contributed by atoms with Gasteiger partial charge in [-0.3, -0.25) is 4.79 Å². The van der Waals surface area contributed by atoms with E-state index in [1.807, 2.05) is 31.2 Å². The average molecular weight is 331 g/mol. The fraction of sp³-hybridized carbons (Fsp3) is 0.412. The van der Waals surface area contributed by atoms with Crippen molar-refractivity contribution in [2.24, 2.45) is 5.73 Å². The second-order valence-electron chi connectivity index (χ2n) is 5.97. The summed E-state index contributed by atoms with van der Waals surface area (Å²) in [5.41, 5.74) is 7.34. The van der Waals surface area contributed by atoms with Gasteiger partial charge in [-0.2, -0.15) is 0 Å². The lowest BCUT2D eigenvalue weighted by Gasteiger charge is -2.21. The van der Waals surface area contributed by atoms with Gasteiger partial charge >= 0.3 is 0 Å². The first kappa shape index (κ1) is 16.0. The van der Waals surface area contributed by atoms with E-state index < -0.39 is 5.54 Å². The monoisotopic (exact) mass is 331 g/mol. The largest absolute Gasteiger partial charge is 0.497 e. The molecule has 1 aromatic carbocycles. The first-order valence-electron chi connectivity index (χ1n) is 7.74. The van der Waals surface area contributed by atoms with Crippen molar-refractivity contribution in [3.63, 3.8) is 0 Å². The highest BCUT2D eigenvalue weighted by Crippen LogP contribution is 2.33. The number of nitrogens with two attached hydrogens (primary N) is 1. The second-order valence-corrected chi connectivity index (χ2v) is 7.17. The van der Waals surface area contributed by atoms with Crippen molar-refractivity contribution in [1.82, 2.24) is 4.98 Å². The Bertz CT molecular complexity index is 703. The molecule has 1 saturated carbocycles. The normalized spacial score (nSPS) is 16.3. The van der Waals surface area contributed by atoms with Gasteiger partial charge in [0.05, 0.1) is 18.3 Å². The van der Waals surface area contributed by atoms with E-state index in [0.29, 0.717) is 5.13 Å². The molecular formula is C17H21N3O2S. The molecule has 2 aromatic rings. The van der Waals surface area contributed by atoms with E-state index in [-0.39, 0.29) is 5.91 Å². The van der Waals surface area contributed by atoms with E-state index in [4.69, 9.17) is 10.5 Å². The average Bonchev–Trinajstić information content (AvgIpc) is 3.14. The SMILES string of the molecule is COc1ccc(-c2nc(NC(=O)C3(N)CCCC3)sc2C)cc1. The van der Waals surface area contributed by atoms with Crippen LogP contribution in [-0.4, -0.2) is 23.5 Å². The minimum Gasteiger partial charge on any atom is -0.497 e. The summed E-state index contributed by atoms with van der Waals surface area (Å²) < 4.78 is 5.17. The number of ether oxygens (including phenoxy) is 1. The van der Waals surface area contributed by atoms with Gasteiger partial charge in [0.25, 0.3) is 0 Å². The van der Waals surface area contributed by atoms with E-state index in [0.717, 1.165) is 47.6 Å². The number of amides is 1. The van der Waals surface area contributed by atoms with Gasteiger partial charge < -0.3 is 15.8 Å². The first-order valence-corrected chi connectivity index (χ1v) is 8.56. The summed E-state index contributed by atoms with van der Waals surface area (Å²) in [5.74, 6) is 0.687. The molecule has 0 unspecified atom stereocenters. The summed E-state index contributed by atoms with van der Waals surface area (Å²) in [7, 11) is 1.64. The van der Waals surface area contributed by atoms with E-state index in [9.17, 15) is 4.79 Å². The van der Waals surface area contributed by atoms with Crippen LogP contribution in [0, 0.1) is 6.92 Å². The number of carbonyl (C=O) groups is 1.